The summed E-state index contributed by atoms with van der Waals surface area (Å²) in [4.78, 5) is 0. The van der Waals surface area contributed by atoms with Gasteiger partial charge in [0.1, 0.15) is 0 Å². The third kappa shape index (κ3) is 8.79. The van der Waals surface area contributed by atoms with Crippen LogP contribution in [0, 0.1) is 0 Å². The average molecular weight is 256 g/mol. The molecular weight excluding hydrogens is 254 g/mol. The number of hydrogen-bond donors (Lipinski definition) is 0. The lowest BCUT2D eigenvalue weighted by Crippen LogP contribution is -2.28. The van der Waals surface area contributed by atoms with Gasteiger partial charge in [-0.1, -0.05) is 23.2 Å². The molecule has 0 rings (SSSR count). The zero-order valence-corrected chi connectivity index (χ0v) is 7.75. The smallest absolute Gasteiger partial charge is 0.198 e. The summed E-state index contributed by atoms with van der Waals surface area (Å²) < 4.78 is 40.0. The molecule has 0 aromatic carbocycles. The van der Waals surface area contributed by atoms with Crippen LogP contribution in [0.25, 0.3) is 0 Å². The largest absolute Gasteiger partial charge is 0.452 e. The normalized spacial score (nSPS) is 12.0. The van der Waals surface area contributed by atoms with Crippen molar-refractivity contribution < 1.29 is 17.6 Å². The molecule has 8 heteroatoms. The number of alkyl halides is 8. The predicted octanol–water partition coefficient (Wildman–Crippen LogP) is 4.07. The van der Waals surface area contributed by atoms with E-state index in [0.29, 0.717) is 0 Å². The summed E-state index contributed by atoms with van der Waals surface area (Å²) in [5.74, 6) is 0. The minimum Gasteiger partial charge on any atom is -0.198 e. The first-order chi connectivity index (χ1) is 4.66. The van der Waals surface area contributed by atoms with Crippen molar-refractivity contribution in [3.8, 4) is 0 Å². The molecule has 0 aliphatic carbocycles. The molecule has 0 bridgehead atoms. The molecule has 0 saturated heterocycles. The highest BCUT2D eigenvalue weighted by molar-refractivity contribution is 6.47. The molecule has 0 radical (unpaired) electrons. The van der Waals surface area contributed by atoms with Crippen LogP contribution in [-0.2, 0) is 0 Å². The van der Waals surface area contributed by atoms with Crippen molar-refractivity contribution in [3.63, 3.8) is 0 Å². The SMILES string of the molecule is ClCCl.FC(F)(F)C(F)(Cl)Cl. The van der Waals surface area contributed by atoms with E-state index in [-0.39, 0.29) is 5.34 Å². The van der Waals surface area contributed by atoms with E-state index < -0.39 is 10.8 Å². The van der Waals surface area contributed by atoms with Crippen molar-refractivity contribution in [1.82, 2.24) is 0 Å². The van der Waals surface area contributed by atoms with Gasteiger partial charge >= 0.3 is 10.8 Å². The Bertz CT molecular complexity index is 82.5. The number of hydrogen-bond acceptors (Lipinski definition) is 0. The molecule has 0 fully saturated rings. The Morgan fingerprint density at radius 1 is 0.909 bits per heavy atom. The monoisotopic (exact) mass is 254 g/mol. The van der Waals surface area contributed by atoms with Gasteiger partial charge in [-0.2, -0.15) is 17.6 Å². The van der Waals surface area contributed by atoms with E-state index in [0.717, 1.165) is 0 Å². The Balaban J connectivity index is 0. The van der Waals surface area contributed by atoms with Crippen LogP contribution in [0.15, 0.2) is 0 Å². The lowest BCUT2D eigenvalue weighted by atomic mass is 10.7. The molecule has 0 amide bonds. The minimum absolute atomic E-state index is 0.194. The van der Waals surface area contributed by atoms with E-state index in [1.165, 1.54) is 0 Å². The number of halogens is 8. The molecule has 0 saturated carbocycles. The van der Waals surface area contributed by atoms with E-state index in [1.54, 1.807) is 0 Å². The van der Waals surface area contributed by atoms with E-state index in [9.17, 15) is 17.6 Å². The van der Waals surface area contributed by atoms with Gasteiger partial charge in [-0.05, 0) is 0 Å². The van der Waals surface area contributed by atoms with Gasteiger partial charge < -0.3 is 0 Å². The van der Waals surface area contributed by atoms with Gasteiger partial charge in [0.25, 0.3) is 0 Å². The second-order valence-electron chi connectivity index (χ2n) is 1.10. The molecule has 70 valence electrons. The van der Waals surface area contributed by atoms with E-state index >= 15 is 0 Å². The van der Waals surface area contributed by atoms with Crippen LogP contribution in [0.1, 0.15) is 0 Å². The molecule has 0 aliphatic rings. The molecule has 0 aliphatic heterocycles. The molecule has 11 heavy (non-hydrogen) atoms. The predicted molar refractivity (Wildman–Crippen MR) is 38.2 cm³/mol. The Kier molecular flexibility index (Phi) is 7.22. The molecule has 0 aromatic heterocycles. The van der Waals surface area contributed by atoms with E-state index in [2.05, 4.69) is 23.2 Å². The summed E-state index contributed by atoms with van der Waals surface area (Å²) in [5.41, 5.74) is 0. The summed E-state index contributed by atoms with van der Waals surface area (Å²) in [5, 5.41) is 0.194. The van der Waals surface area contributed by atoms with Crippen LogP contribution in [0.5, 0.6) is 0 Å². The van der Waals surface area contributed by atoms with Gasteiger partial charge in [-0.3, -0.25) is 0 Å². The lowest BCUT2D eigenvalue weighted by Gasteiger charge is -2.11. The summed E-state index contributed by atoms with van der Waals surface area (Å²) in [6, 6.07) is 0. The zero-order valence-electron chi connectivity index (χ0n) is 4.73. The highest BCUT2D eigenvalue weighted by atomic mass is 35.5. The standard InChI is InChI=1S/C2Cl2F4.CH2Cl2/c3-1(4,5)2(6,7)8;2-1-3/h;1H2. The average Bonchev–Trinajstić information content (AvgIpc) is 1.60. The van der Waals surface area contributed by atoms with Crippen LogP contribution in [0.2, 0.25) is 0 Å². The van der Waals surface area contributed by atoms with E-state index in [4.69, 9.17) is 23.2 Å². The fourth-order valence-electron chi connectivity index (χ4n) is 0. The molecule has 0 spiro atoms. The zero-order chi connectivity index (χ0) is 9.71. The lowest BCUT2D eigenvalue weighted by molar-refractivity contribution is -0.170. The third-order valence-corrected chi connectivity index (χ3v) is 0.750. The Labute approximate surface area is 80.4 Å². The van der Waals surface area contributed by atoms with Gasteiger partial charge in [0, 0.05) is 0 Å². The van der Waals surface area contributed by atoms with Crippen LogP contribution in [0.3, 0.4) is 0 Å². The molecule has 0 N–H and O–H groups in total. The maximum absolute atomic E-state index is 11.3. The molecule has 0 nitrogen and oxygen atoms in total. The van der Waals surface area contributed by atoms with Crippen LogP contribution in [-0.4, -0.2) is 16.1 Å². The Hall–Kier alpha value is 0.880. The third-order valence-electron chi connectivity index (χ3n) is 0.321. The van der Waals surface area contributed by atoms with Crippen LogP contribution in [0.4, 0.5) is 17.6 Å². The van der Waals surface area contributed by atoms with E-state index in [1.807, 2.05) is 0 Å². The number of rotatable bonds is 0. The summed E-state index contributed by atoms with van der Waals surface area (Å²) in [7, 11) is 0. The second kappa shape index (κ2) is 5.51. The van der Waals surface area contributed by atoms with Crippen molar-refractivity contribution >= 4 is 46.4 Å². The van der Waals surface area contributed by atoms with Gasteiger partial charge in [0.05, 0.1) is 5.34 Å². The van der Waals surface area contributed by atoms with Crippen molar-refractivity contribution in [2.45, 2.75) is 10.8 Å². The fourth-order valence-corrected chi connectivity index (χ4v) is 0. The maximum atomic E-state index is 11.3. The molecule has 0 atom stereocenters. The molecule has 0 unspecified atom stereocenters. The topological polar surface area (TPSA) is 0 Å². The van der Waals surface area contributed by atoms with Crippen molar-refractivity contribution in [3.05, 3.63) is 0 Å². The summed E-state index contributed by atoms with van der Waals surface area (Å²) >= 11 is 17.5. The summed E-state index contributed by atoms with van der Waals surface area (Å²) in [6.07, 6.45) is -5.20. The van der Waals surface area contributed by atoms with Crippen LogP contribution < -0.4 is 0 Å². The van der Waals surface area contributed by atoms with Gasteiger partial charge in [-0.15, -0.1) is 23.2 Å². The second-order valence-corrected chi connectivity index (χ2v) is 3.14. The van der Waals surface area contributed by atoms with Crippen molar-refractivity contribution in [1.29, 1.82) is 0 Å². The minimum atomic E-state index is -5.20. The Morgan fingerprint density at radius 3 is 1.00 bits per heavy atom. The molecule has 0 aromatic rings. The molecular formula is C3H2Cl4F4. The summed E-state index contributed by atoms with van der Waals surface area (Å²) in [6.45, 7) is 0. The van der Waals surface area contributed by atoms with Gasteiger partial charge in [0.15, 0.2) is 0 Å². The Morgan fingerprint density at radius 2 is 1.00 bits per heavy atom. The maximum Gasteiger partial charge on any atom is 0.452 e. The molecule has 0 heterocycles. The van der Waals surface area contributed by atoms with Gasteiger partial charge in [-0.25, -0.2) is 0 Å². The highest BCUT2D eigenvalue weighted by Crippen LogP contribution is 2.40. The van der Waals surface area contributed by atoms with Crippen molar-refractivity contribution in [2.75, 3.05) is 5.34 Å². The van der Waals surface area contributed by atoms with Crippen LogP contribution >= 0.6 is 46.4 Å². The first-order valence-electron chi connectivity index (χ1n) is 1.92. The fraction of sp³-hybridized carbons (Fsp3) is 1.00. The quantitative estimate of drug-likeness (QED) is 0.452. The first-order valence-corrected chi connectivity index (χ1v) is 3.74. The highest BCUT2D eigenvalue weighted by Gasteiger charge is 2.53. The first kappa shape index (κ1) is 14.4. The van der Waals surface area contributed by atoms with Gasteiger partial charge in [0.2, 0.25) is 0 Å². The van der Waals surface area contributed by atoms with Crippen molar-refractivity contribution in [2.24, 2.45) is 0 Å².